The van der Waals surface area contributed by atoms with E-state index in [0.29, 0.717) is 12.1 Å². The van der Waals surface area contributed by atoms with Crippen molar-refractivity contribution < 1.29 is 4.74 Å². The third-order valence-corrected chi connectivity index (χ3v) is 4.01. The molecule has 1 saturated heterocycles. The minimum absolute atomic E-state index is 0.413. The second kappa shape index (κ2) is 8.42. The van der Waals surface area contributed by atoms with Crippen molar-refractivity contribution in [2.75, 3.05) is 13.2 Å². The van der Waals surface area contributed by atoms with Gasteiger partial charge in [0.25, 0.3) is 0 Å². The molecule has 20 heavy (non-hydrogen) atoms. The second-order valence-corrected chi connectivity index (χ2v) is 5.71. The maximum atomic E-state index is 5.84. The molecule has 0 radical (unpaired) electrons. The number of hydrogen-bond acceptors (Lipinski definition) is 3. The van der Waals surface area contributed by atoms with Crippen molar-refractivity contribution in [3.8, 4) is 0 Å². The zero-order valence-electron chi connectivity index (χ0n) is 13.0. The van der Waals surface area contributed by atoms with Crippen molar-refractivity contribution in [2.24, 2.45) is 0 Å². The van der Waals surface area contributed by atoms with E-state index in [4.69, 9.17) is 4.74 Å². The molecule has 1 aliphatic rings. The minimum Gasteiger partial charge on any atom is -0.378 e. The number of aryl methyl sites for hydroxylation is 1. The molecule has 0 aromatic carbocycles. The first-order valence-electron chi connectivity index (χ1n) is 8.20. The molecule has 1 aromatic heterocycles. The van der Waals surface area contributed by atoms with Crippen LogP contribution in [0, 0.1) is 0 Å². The highest BCUT2D eigenvalue weighted by Crippen LogP contribution is 2.23. The summed E-state index contributed by atoms with van der Waals surface area (Å²) in [4.78, 5) is 0. The number of nitrogens with one attached hydrogen (secondary N) is 1. The number of ether oxygens (including phenoxy) is 1. The normalized spacial score (nSPS) is 21.0. The van der Waals surface area contributed by atoms with Gasteiger partial charge >= 0.3 is 0 Å². The second-order valence-electron chi connectivity index (χ2n) is 5.71. The summed E-state index contributed by atoms with van der Waals surface area (Å²) in [5.41, 5.74) is 1.32. The van der Waals surface area contributed by atoms with Crippen LogP contribution in [0.4, 0.5) is 0 Å². The van der Waals surface area contributed by atoms with Gasteiger partial charge < -0.3 is 10.1 Å². The van der Waals surface area contributed by atoms with Crippen LogP contribution < -0.4 is 5.32 Å². The highest BCUT2D eigenvalue weighted by Gasteiger charge is 2.18. The fraction of sp³-hybridized carbons (Fsp3) is 0.812. The van der Waals surface area contributed by atoms with Gasteiger partial charge in [-0.05, 0) is 45.1 Å². The Bertz CT molecular complexity index is 372. The molecular formula is C16H29N3O. The average molecular weight is 279 g/mol. The highest BCUT2D eigenvalue weighted by molar-refractivity contribution is 5.10. The predicted molar refractivity (Wildman–Crippen MR) is 81.8 cm³/mol. The third kappa shape index (κ3) is 4.60. The van der Waals surface area contributed by atoms with Crippen LogP contribution >= 0.6 is 0 Å². The molecule has 4 nitrogen and oxygen atoms in total. The largest absolute Gasteiger partial charge is 0.378 e. The van der Waals surface area contributed by atoms with Gasteiger partial charge in [0.05, 0.1) is 12.3 Å². The van der Waals surface area contributed by atoms with Crippen molar-refractivity contribution in [2.45, 2.75) is 71.1 Å². The predicted octanol–water partition coefficient (Wildman–Crippen LogP) is 3.29. The molecule has 1 aromatic rings. The SMILES string of the molecule is CCCn1cc(C(CCC2CCCCO2)NCC)cn1. The van der Waals surface area contributed by atoms with Crippen LogP contribution in [0.1, 0.15) is 64.0 Å². The number of aromatic nitrogens is 2. The van der Waals surface area contributed by atoms with Gasteiger partial charge in [-0.15, -0.1) is 0 Å². The Labute approximate surface area is 122 Å². The fourth-order valence-electron chi connectivity index (χ4n) is 2.93. The van der Waals surface area contributed by atoms with Crippen LogP contribution in [0.15, 0.2) is 12.4 Å². The van der Waals surface area contributed by atoms with Gasteiger partial charge in [-0.2, -0.15) is 5.10 Å². The smallest absolute Gasteiger partial charge is 0.0575 e. The van der Waals surface area contributed by atoms with Crippen molar-refractivity contribution in [1.82, 2.24) is 15.1 Å². The van der Waals surface area contributed by atoms with Crippen LogP contribution in [0.2, 0.25) is 0 Å². The van der Waals surface area contributed by atoms with Crippen molar-refractivity contribution in [1.29, 1.82) is 0 Å². The van der Waals surface area contributed by atoms with Gasteiger partial charge in [0, 0.05) is 31.0 Å². The molecule has 114 valence electrons. The summed E-state index contributed by atoms with van der Waals surface area (Å²) in [7, 11) is 0. The average Bonchev–Trinajstić information content (AvgIpc) is 2.93. The summed E-state index contributed by atoms with van der Waals surface area (Å²) >= 11 is 0. The van der Waals surface area contributed by atoms with Gasteiger partial charge in [-0.25, -0.2) is 0 Å². The van der Waals surface area contributed by atoms with Gasteiger partial charge in [-0.3, -0.25) is 4.68 Å². The van der Waals surface area contributed by atoms with E-state index < -0.39 is 0 Å². The maximum absolute atomic E-state index is 5.84. The summed E-state index contributed by atoms with van der Waals surface area (Å²) in [5, 5.41) is 8.03. The third-order valence-electron chi connectivity index (χ3n) is 4.01. The van der Waals surface area contributed by atoms with E-state index in [0.717, 1.165) is 39.0 Å². The molecule has 2 rings (SSSR count). The van der Waals surface area contributed by atoms with Crippen LogP contribution in [0.3, 0.4) is 0 Å². The molecular weight excluding hydrogens is 250 g/mol. The first-order valence-corrected chi connectivity index (χ1v) is 8.20. The van der Waals surface area contributed by atoms with E-state index in [1.54, 1.807) is 0 Å². The van der Waals surface area contributed by atoms with Crippen LogP contribution in [-0.4, -0.2) is 29.0 Å². The van der Waals surface area contributed by atoms with Gasteiger partial charge in [0.1, 0.15) is 0 Å². The molecule has 0 bridgehead atoms. The maximum Gasteiger partial charge on any atom is 0.0575 e. The summed E-state index contributed by atoms with van der Waals surface area (Å²) < 4.78 is 7.89. The van der Waals surface area contributed by atoms with Gasteiger partial charge in [0.2, 0.25) is 0 Å². The zero-order chi connectivity index (χ0) is 14.2. The van der Waals surface area contributed by atoms with Crippen molar-refractivity contribution in [3.05, 3.63) is 18.0 Å². The molecule has 2 atom stereocenters. The van der Waals surface area contributed by atoms with E-state index in [1.807, 2.05) is 6.20 Å². The lowest BCUT2D eigenvalue weighted by molar-refractivity contribution is 0.00856. The molecule has 0 saturated carbocycles. The molecule has 1 fully saturated rings. The quantitative estimate of drug-likeness (QED) is 0.793. The first-order chi connectivity index (χ1) is 9.83. The van der Waals surface area contributed by atoms with Crippen LogP contribution in [0.5, 0.6) is 0 Å². The zero-order valence-corrected chi connectivity index (χ0v) is 13.0. The Balaban J connectivity index is 1.87. The van der Waals surface area contributed by atoms with E-state index in [-0.39, 0.29) is 0 Å². The number of rotatable bonds is 8. The Kier molecular flexibility index (Phi) is 6.54. The van der Waals surface area contributed by atoms with Crippen molar-refractivity contribution >= 4 is 0 Å². The van der Waals surface area contributed by atoms with Crippen LogP contribution in [0.25, 0.3) is 0 Å². The molecule has 2 heterocycles. The first kappa shape index (κ1) is 15.5. The molecule has 2 unspecified atom stereocenters. The summed E-state index contributed by atoms with van der Waals surface area (Å²) in [5.74, 6) is 0. The van der Waals surface area contributed by atoms with E-state index in [1.165, 1.54) is 24.8 Å². The Morgan fingerprint density at radius 2 is 2.35 bits per heavy atom. The number of nitrogens with zero attached hydrogens (tertiary/aromatic N) is 2. The molecule has 1 N–H and O–H groups in total. The van der Waals surface area contributed by atoms with E-state index in [9.17, 15) is 0 Å². The Hall–Kier alpha value is -0.870. The van der Waals surface area contributed by atoms with Crippen LogP contribution in [-0.2, 0) is 11.3 Å². The molecule has 0 aliphatic carbocycles. The van der Waals surface area contributed by atoms with Gasteiger partial charge in [0.15, 0.2) is 0 Å². The highest BCUT2D eigenvalue weighted by atomic mass is 16.5. The lowest BCUT2D eigenvalue weighted by atomic mass is 9.99. The van der Waals surface area contributed by atoms with Crippen molar-refractivity contribution in [3.63, 3.8) is 0 Å². The topological polar surface area (TPSA) is 39.1 Å². The van der Waals surface area contributed by atoms with Gasteiger partial charge in [-0.1, -0.05) is 13.8 Å². The molecule has 1 aliphatic heterocycles. The van der Waals surface area contributed by atoms with E-state index >= 15 is 0 Å². The Morgan fingerprint density at radius 3 is 3.05 bits per heavy atom. The lowest BCUT2D eigenvalue weighted by Crippen LogP contribution is -2.24. The number of hydrogen-bond donors (Lipinski definition) is 1. The molecule has 0 amide bonds. The lowest BCUT2D eigenvalue weighted by Gasteiger charge is -2.25. The molecule has 0 spiro atoms. The Morgan fingerprint density at radius 1 is 1.45 bits per heavy atom. The monoisotopic (exact) mass is 279 g/mol. The summed E-state index contributed by atoms with van der Waals surface area (Å²) in [6.45, 7) is 7.30. The summed E-state index contributed by atoms with van der Waals surface area (Å²) in [6.07, 6.45) is 11.9. The summed E-state index contributed by atoms with van der Waals surface area (Å²) in [6, 6.07) is 0.413. The molecule has 4 heteroatoms. The standard InChI is InChI=1S/C16H29N3O/c1-3-10-19-13-14(12-18-19)16(17-4-2)9-8-15-7-5-6-11-20-15/h12-13,15-17H,3-11H2,1-2H3. The minimum atomic E-state index is 0.413. The van der Waals surface area contributed by atoms with E-state index in [2.05, 4.69) is 35.1 Å². The fourth-order valence-corrected chi connectivity index (χ4v) is 2.93.